The number of pyridine rings is 1. The van der Waals surface area contributed by atoms with E-state index in [1.807, 2.05) is 0 Å². The summed E-state index contributed by atoms with van der Waals surface area (Å²) in [5, 5.41) is 6.15. The molecule has 6 nitrogen and oxygen atoms in total. The number of nitrogens with one attached hydrogen (secondary N) is 1. The minimum Gasteiger partial charge on any atom is -0.464 e. The average molecular weight is 398 g/mol. The van der Waals surface area contributed by atoms with Gasteiger partial charge in [-0.05, 0) is 25.1 Å². The molecule has 3 aromatic rings. The topological polar surface area (TPSA) is 77.2 Å². The van der Waals surface area contributed by atoms with Crippen molar-refractivity contribution in [3.63, 3.8) is 0 Å². The summed E-state index contributed by atoms with van der Waals surface area (Å²) in [5.41, 5.74) is -0.562. The molecule has 0 atom stereocenters. The standard InChI is InChI=1S/C15H10BrF2N3O3/c1-6-11-14(24-21-6)10(18)12(13(20-11)15(22)23-2)19-9-4-3-7(16)5-8(9)17/h3-5,19H,1-2H3. The second-order valence-electron chi connectivity index (χ2n) is 4.84. The molecule has 9 heteroatoms. The molecule has 0 radical (unpaired) electrons. The number of aryl methyl sites for hydroxylation is 1. The SMILES string of the molecule is COC(=O)c1nc2c(C)noc2c(F)c1Nc1ccc(Br)cc1F. The molecular formula is C15H10BrF2N3O3. The number of aromatic nitrogens is 2. The van der Waals surface area contributed by atoms with E-state index in [-0.39, 0.29) is 28.2 Å². The van der Waals surface area contributed by atoms with Gasteiger partial charge in [0.15, 0.2) is 11.5 Å². The first kappa shape index (κ1) is 16.3. The maximum Gasteiger partial charge on any atom is 0.358 e. The number of ether oxygens (including phenoxy) is 1. The van der Waals surface area contributed by atoms with Gasteiger partial charge in [-0.3, -0.25) is 0 Å². The van der Waals surface area contributed by atoms with Crippen LogP contribution in [0.1, 0.15) is 16.2 Å². The van der Waals surface area contributed by atoms with Gasteiger partial charge in [-0.15, -0.1) is 0 Å². The number of esters is 1. The van der Waals surface area contributed by atoms with Crippen LogP contribution in [0.25, 0.3) is 11.1 Å². The number of hydrogen-bond acceptors (Lipinski definition) is 6. The number of nitrogens with zero attached hydrogens (tertiary/aromatic N) is 2. The van der Waals surface area contributed by atoms with E-state index in [9.17, 15) is 13.6 Å². The second kappa shape index (κ2) is 6.16. The van der Waals surface area contributed by atoms with E-state index >= 15 is 0 Å². The fraction of sp³-hybridized carbons (Fsp3) is 0.133. The monoisotopic (exact) mass is 397 g/mol. The predicted molar refractivity (Wildman–Crippen MR) is 85.2 cm³/mol. The third kappa shape index (κ3) is 2.71. The van der Waals surface area contributed by atoms with Crippen molar-refractivity contribution in [2.24, 2.45) is 0 Å². The van der Waals surface area contributed by atoms with Crippen molar-refractivity contribution in [2.45, 2.75) is 6.92 Å². The molecule has 0 bridgehead atoms. The highest BCUT2D eigenvalue weighted by molar-refractivity contribution is 9.10. The molecule has 2 heterocycles. The van der Waals surface area contributed by atoms with E-state index in [2.05, 4.69) is 36.1 Å². The number of benzene rings is 1. The number of carbonyl (C=O) groups excluding carboxylic acids is 1. The van der Waals surface area contributed by atoms with Gasteiger partial charge in [0.1, 0.15) is 22.7 Å². The summed E-state index contributed by atoms with van der Waals surface area (Å²) in [6, 6.07) is 4.14. The molecule has 24 heavy (non-hydrogen) atoms. The lowest BCUT2D eigenvalue weighted by Gasteiger charge is -2.12. The normalized spacial score (nSPS) is 10.9. The van der Waals surface area contributed by atoms with E-state index < -0.39 is 17.6 Å². The Balaban J connectivity index is 2.21. The zero-order chi connectivity index (χ0) is 17.4. The van der Waals surface area contributed by atoms with Crippen LogP contribution >= 0.6 is 15.9 Å². The van der Waals surface area contributed by atoms with Gasteiger partial charge in [0.25, 0.3) is 0 Å². The summed E-state index contributed by atoms with van der Waals surface area (Å²) in [6.45, 7) is 1.56. The quantitative estimate of drug-likeness (QED) is 0.670. The van der Waals surface area contributed by atoms with Gasteiger partial charge in [0.2, 0.25) is 5.58 Å². The Morgan fingerprint density at radius 2 is 2.12 bits per heavy atom. The first-order valence-electron chi connectivity index (χ1n) is 6.68. The van der Waals surface area contributed by atoms with Crippen molar-refractivity contribution in [1.82, 2.24) is 10.1 Å². The highest BCUT2D eigenvalue weighted by Gasteiger charge is 2.25. The highest BCUT2D eigenvalue weighted by Crippen LogP contribution is 2.32. The number of fused-ring (bicyclic) bond motifs is 1. The third-order valence-corrected chi connectivity index (χ3v) is 3.77. The van der Waals surface area contributed by atoms with Crippen LogP contribution in [0, 0.1) is 18.6 Å². The molecule has 0 aliphatic heterocycles. The molecule has 1 aromatic carbocycles. The Morgan fingerprint density at radius 1 is 1.38 bits per heavy atom. The maximum absolute atomic E-state index is 14.8. The number of carbonyl (C=O) groups is 1. The van der Waals surface area contributed by atoms with Gasteiger partial charge < -0.3 is 14.6 Å². The van der Waals surface area contributed by atoms with E-state index in [1.54, 1.807) is 13.0 Å². The second-order valence-corrected chi connectivity index (χ2v) is 5.75. The summed E-state index contributed by atoms with van der Waals surface area (Å²) in [5.74, 6) is -2.44. The summed E-state index contributed by atoms with van der Waals surface area (Å²) in [4.78, 5) is 16.0. The van der Waals surface area contributed by atoms with Gasteiger partial charge in [-0.2, -0.15) is 0 Å². The molecule has 1 N–H and O–H groups in total. The summed E-state index contributed by atoms with van der Waals surface area (Å²) < 4.78 is 38.8. The van der Waals surface area contributed by atoms with Crippen molar-refractivity contribution in [3.8, 4) is 0 Å². The molecule has 0 amide bonds. The molecule has 2 aromatic heterocycles. The number of methoxy groups -OCH3 is 1. The van der Waals surface area contributed by atoms with Crippen LogP contribution in [-0.4, -0.2) is 23.2 Å². The Kier molecular flexibility index (Phi) is 4.18. The lowest BCUT2D eigenvalue weighted by Crippen LogP contribution is -2.11. The van der Waals surface area contributed by atoms with Gasteiger partial charge in [0, 0.05) is 4.47 Å². The van der Waals surface area contributed by atoms with Crippen LogP contribution in [0.4, 0.5) is 20.2 Å². The van der Waals surface area contributed by atoms with Crippen molar-refractivity contribution in [2.75, 3.05) is 12.4 Å². The van der Waals surface area contributed by atoms with Crippen molar-refractivity contribution in [1.29, 1.82) is 0 Å². The Morgan fingerprint density at radius 3 is 2.79 bits per heavy atom. The number of halogens is 3. The molecule has 0 saturated heterocycles. The Labute approximate surface area is 142 Å². The molecule has 0 saturated carbocycles. The van der Waals surface area contributed by atoms with E-state index in [0.717, 1.165) is 7.11 Å². The molecule has 0 unspecified atom stereocenters. The Bertz CT molecular complexity index is 959. The summed E-state index contributed by atoms with van der Waals surface area (Å²) >= 11 is 3.13. The van der Waals surface area contributed by atoms with Crippen LogP contribution in [0.5, 0.6) is 0 Å². The highest BCUT2D eigenvalue weighted by atomic mass is 79.9. The maximum atomic E-state index is 14.8. The minimum absolute atomic E-state index is 0.0420. The third-order valence-electron chi connectivity index (χ3n) is 3.28. The smallest absolute Gasteiger partial charge is 0.358 e. The van der Waals surface area contributed by atoms with Gasteiger partial charge in [-0.25, -0.2) is 18.6 Å². The van der Waals surface area contributed by atoms with Crippen LogP contribution in [0.3, 0.4) is 0 Å². The first-order chi connectivity index (χ1) is 11.4. The molecule has 0 aliphatic carbocycles. The minimum atomic E-state index is -0.914. The Hall–Kier alpha value is -2.55. The number of anilines is 2. The van der Waals surface area contributed by atoms with Crippen molar-refractivity contribution < 1.29 is 22.8 Å². The average Bonchev–Trinajstić information content (AvgIpc) is 2.92. The van der Waals surface area contributed by atoms with Crippen LogP contribution in [0.15, 0.2) is 27.2 Å². The zero-order valence-corrected chi connectivity index (χ0v) is 14.1. The molecule has 0 aliphatic rings. The number of hydrogen-bond donors (Lipinski definition) is 1. The summed E-state index contributed by atoms with van der Waals surface area (Å²) in [6.07, 6.45) is 0. The van der Waals surface area contributed by atoms with Crippen LogP contribution in [-0.2, 0) is 4.74 Å². The van der Waals surface area contributed by atoms with Crippen LogP contribution < -0.4 is 5.32 Å². The lowest BCUT2D eigenvalue weighted by atomic mass is 10.2. The largest absolute Gasteiger partial charge is 0.464 e. The fourth-order valence-electron chi connectivity index (χ4n) is 2.11. The van der Waals surface area contributed by atoms with Crippen molar-refractivity contribution in [3.05, 3.63) is 45.7 Å². The summed E-state index contributed by atoms with van der Waals surface area (Å²) in [7, 11) is 1.14. The molecule has 3 rings (SSSR count). The van der Waals surface area contributed by atoms with Gasteiger partial charge >= 0.3 is 5.97 Å². The zero-order valence-electron chi connectivity index (χ0n) is 12.5. The molecule has 0 fully saturated rings. The lowest BCUT2D eigenvalue weighted by molar-refractivity contribution is 0.0595. The molecule has 124 valence electrons. The van der Waals surface area contributed by atoms with E-state index in [4.69, 9.17) is 4.52 Å². The van der Waals surface area contributed by atoms with Crippen molar-refractivity contribution >= 4 is 44.4 Å². The van der Waals surface area contributed by atoms with Gasteiger partial charge in [-0.1, -0.05) is 21.1 Å². The fourth-order valence-corrected chi connectivity index (χ4v) is 2.44. The number of rotatable bonds is 3. The van der Waals surface area contributed by atoms with Gasteiger partial charge in [0.05, 0.1) is 12.8 Å². The van der Waals surface area contributed by atoms with Crippen LogP contribution in [0.2, 0.25) is 0 Å². The van der Waals surface area contributed by atoms with E-state index in [0.29, 0.717) is 10.2 Å². The first-order valence-corrected chi connectivity index (χ1v) is 7.47. The van der Waals surface area contributed by atoms with E-state index in [1.165, 1.54) is 12.1 Å². The predicted octanol–water partition coefficient (Wildman–Crippen LogP) is 4.10. The molecule has 0 spiro atoms. The molecular weight excluding hydrogens is 388 g/mol.